The molecule has 0 heterocycles. The normalized spacial score (nSPS) is 13.2. The summed E-state index contributed by atoms with van der Waals surface area (Å²) in [6, 6.07) is 6.36. The first-order valence-electron chi connectivity index (χ1n) is 7.74. The molecule has 4 nitrogen and oxygen atoms in total. The molecular formula is C18H28ClFN2O2. The molecule has 0 spiro atoms. The zero-order chi connectivity index (χ0) is 17.6. The fraction of sp³-hybridized carbons (Fsp3) is 0.500. The van der Waals surface area contributed by atoms with Crippen LogP contribution in [0.25, 0.3) is 0 Å². The van der Waals surface area contributed by atoms with Gasteiger partial charge in [0.25, 0.3) is 5.91 Å². The van der Waals surface area contributed by atoms with Crippen LogP contribution in [0.3, 0.4) is 0 Å². The van der Waals surface area contributed by atoms with Crippen LogP contribution in [0.4, 0.5) is 4.39 Å². The molecular weight excluding hydrogens is 331 g/mol. The minimum atomic E-state index is -0.378. The van der Waals surface area contributed by atoms with Gasteiger partial charge in [0.2, 0.25) is 0 Å². The predicted octanol–water partition coefficient (Wildman–Crippen LogP) is 3.85. The molecule has 0 saturated heterocycles. The predicted molar refractivity (Wildman–Crippen MR) is 98.4 cm³/mol. The Balaban J connectivity index is 0.00000529. The number of hydrogen-bond donors (Lipinski definition) is 2. The number of hydrogen-bond acceptors (Lipinski definition) is 3. The lowest BCUT2D eigenvalue weighted by atomic mass is 9.98. The molecule has 1 aromatic carbocycles. The van der Waals surface area contributed by atoms with Crippen molar-refractivity contribution in [3.05, 3.63) is 41.7 Å². The molecule has 0 aliphatic carbocycles. The van der Waals surface area contributed by atoms with Crippen LogP contribution in [0.5, 0.6) is 5.75 Å². The van der Waals surface area contributed by atoms with Crippen molar-refractivity contribution in [2.45, 2.75) is 46.2 Å². The van der Waals surface area contributed by atoms with E-state index < -0.39 is 0 Å². The highest BCUT2D eigenvalue weighted by atomic mass is 35.5. The first kappa shape index (κ1) is 22.4. The number of carbonyl (C=O) groups is 1. The summed E-state index contributed by atoms with van der Waals surface area (Å²) in [5, 5.41) is 2.89. The number of amides is 1. The van der Waals surface area contributed by atoms with Crippen molar-refractivity contribution in [3.63, 3.8) is 0 Å². The Morgan fingerprint density at radius 2 is 1.83 bits per heavy atom. The molecule has 0 radical (unpaired) electrons. The summed E-state index contributed by atoms with van der Waals surface area (Å²) in [6.45, 7) is 9.71. The molecule has 0 bridgehead atoms. The van der Waals surface area contributed by atoms with Crippen LogP contribution in [0.15, 0.2) is 36.2 Å². The zero-order valence-electron chi connectivity index (χ0n) is 14.9. The van der Waals surface area contributed by atoms with Crippen molar-refractivity contribution < 1.29 is 13.9 Å². The Bertz CT molecular complexity index is 551. The molecule has 136 valence electrons. The Labute approximate surface area is 150 Å². The van der Waals surface area contributed by atoms with Crippen molar-refractivity contribution in [2.75, 3.05) is 6.61 Å². The molecule has 3 N–H and O–H groups in total. The summed E-state index contributed by atoms with van der Waals surface area (Å²) in [5.41, 5.74) is 6.59. The third-order valence-corrected chi connectivity index (χ3v) is 3.30. The average molecular weight is 359 g/mol. The number of nitrogens with two attached hydrogens (primary N) is 1. The summed E-state index contributed by atoms with van der Waals surface area (Å²) in [4.78, 5) is 12.0. The number of rotatable bonds is 6. The third-order valence-electron chi connectivity index (χ3n) is 3.30. The van der Waals surface area contributed by atoms with E-state index in [1.54, 1.807) is 24.3 Å². The molecule has 1 aromatic rings. The molecule has 0 aromatic heterocycles. The van der Waals surface area contributed by atoms with E-state index in [4.69, 9.17) is 10.5 Å². The fourth-order valence-corrected chi connectivity index (χ4v) is 1.91. The number of ether oxygens (including phenoxy) is 1. The van der Waals surface area contributed by atoms with Crippen LogP contribution in [0.2, 0.25) is 0 Å². The van der Waals surface area contributed by atoms with Gasteiger partial charge in [0, 0.05) is 22.7 Å². The highest BCUT2D eigenvalue weighted by Gasteiger charge is 2.16. The topological polar surface area (TPSA) is 64.3 Å². The average Bonchev–Trinajstić information content (AvgIpc) is 2.46. The SMILES string of the molecule is CC(C)[C@H](N)/C(=C/F)COc1ccc(C(=O)NC(C)(C)C)cc1.Cl. The molecule has 0 aliphatic rings. The maximum Gasteiger partial charge on any atom is 0.251 e. The molecule has 1 amide bonds. The van der Waals surface area contributed by atoms with Crippen LogP contribution in [0.1, 0.15) is 45.0 Å². The maximum absolute atomic E-state index is 12.9. The lowest BCUT2D eigenvalue weighted by Gasteiger charge is -2.20. The number of benzene rings is 1. The van der Waals surface area contributed by atoms with Gasteiger partial charge >= 0.3 is 0 Å². The van der Waals surface area contributed by atoms with Crippen LogP contribution in [0, 0.1) is 5.92 Å². The highest BCUT2D eigenvalue weighted by molar-refractivity contribution is 5.94. The van der Waals surface area contributed by atoms with Crippen molar-refractivity contribution in [2.24, 2.45) is 11.7 Å². The molecule has 6 heteroatoms. The van der Waals surface area contributed by atoms with Gasteiger partial charge in [-0.1, -0.05) is 13.8 Å². The van der Waals surface area contributed by atoms with E-state index in [1.807, 2.05) is 34.6 Å². The Morgan fingerprint density at radius 1 is 1.29 bits per heavy atom. The van der Waals surface area contributed by atoms with Crippen molar-refractivity contribution in [3.8, 4) is 5.75 Å². The largest absolute Gasteiger partial charge is 0.489 e. The molecule has 0 aliphatic heterocycles. The molecule has 0 fully saturated rings. The van der Waals surface area contributed by atoms with E-state index in [1.165, 1.54) is 0 Å². The van der Waals surface area contributed by atoms with Gasteiger partial charge < -0.3 is 15.8 Å². The van der Waals surface area contributed by atoms with Crippen LogP contribution < -0.4 is 15.8 Å². The van der Waals surface area contributed by atoms with Gasteiger partial charge in [-0.2, -0.15) is 0 Å². The Morgan fingerprint density at radius 3 is 2.25 bits per heavy atom. The minimum Gasteiger partial charge on any atom is -0.489 e. The monoisotopic (exact) mass is 358 g/mol. The van der Waals surface area contributed by atoms with E-state index in [0.29, 0.717) is 23.2 Å². The van der Waals surface area contributed by atoms with Crippen molar-refractivity contribution >= 4 is 18.3 Å². The van der Waals surface area contributed by atoms with E-state index in [-0.39, 0.29) is 42.4 Å². The highest BCUT2D eigenvalue weighted by Crippen LogP contribution is 2.16. The first-order chi connectivity index (χ1) is 10.6. The molecule has 24 heavy (non-hydrogen) atoms. The van der Waals surface area contributed by atoms with E-state index >= 15 is 0 Å². The van der Waals surface area contributed by atoms with Gasteiger partial charge in [0.1, 0.15) is 12.4 Å². The van der Waals surface area contributed by atoms with Crippen LogP contribution >= 0.6 is 12.4 Å². The molecule has 1 rings (SSSR count). The summed E-state index contributed by atoms with van der Waals surface area (Å²) in [6.07, 6.45) is 0.510. The van der Waals surface area contributed by atoms with Crippen molar-refractivity contribution in [1.29, 1.82) is 0 Å². The fourth-order valence-electron chi connectivity index (χ4n) is 1.91. The standard InChI is InChI=1S/C18H27FN2O2.ClH/c1-12(2)16(20)14(10-19)11-23-15-8-6-13(7-9-15)17(22)21-18(3,4)5;/h6-10,12,16H,11,20H2,1-5H3,(H,21,22);1H/b14-10+;/t16-;/m0./s1. The second-order valence-corrected chi connectivity index (χ2v) is 6.97. The number of halogens is 2. The quantitative estimate of drug-likeness (QED) is 0.811. The summed E-state index contributed by atoms with van der Waals surface area (Å²) in [7, 11) is 0. The van der Waals surface area contributed by atoms with E-state index in [2.05, 4.69) is 5.32 Å². The van der Waals surface area contributed by atoms with Gasteiger partial charge in [-0.15, -0.1) is 12.4 Å². The van der Waals surface area contributed by atoms with Crippen LogP contribution in [-0.4, -0.2) is 24.1 Å². The van der Waals surface area contributed by atoms with Gasteiger partial charge in [0.15, 0.2) is 0 Å². The third kappa shape index (κ3) is 7.32. The minimum absolute atomic E-state index is 0. The smallest absolute Gasteiger partial charge is 0.251 e. The summed E-state index contributed by atoms with van der Waals surface area (Å²) in [5.74, 6) is 0.548. The van der Waals surface area contributed by atoms with Gasteiger partial charge in [0.05, 0.1) is 6.33 Å². The second kappa shape index (κ2) is 9.64. The molecule has 0 saturated carbocycles. The van der Waals surface area contributed by atoms with Gasteiger partial charge in [-0.25, -0.2) is 4.39 Å². The van der Waals surface area contributed by atoms with E-state index in [9.17, 15) is 9.18 Å². The van der Waals surface area contributed by atoms with Crippen LogP contribution in [-0.2, 0) is 0 Å². The zero-order valence-corrected chi connectivity index (χ0v) is 15.7. The molecule has 1 atom stereocenters. The van der Waals surface area contributed by atoms with Gasteiger partial charge in [-0.3, -0.25) is 4.79 Å². The number of carbonyl (C=O) groups excluding carboxylic acids is 1. The molecule has 0 unspecified atom stereocenters. The van der Waals surface area contributed by atoms with Crippen molar-refractivity contribution in [1.82, 2.24) is 5.32 Å². The van der Waals surface area contributed by atoms with Gasteiger partial charge in [-0.05, 0) is 51.0 Å². The lowest BCUT2D eigenvalue weighted by Crippen LogP contribution is -2.40. The number of nitrogens with one attached hydrogen (secondary N) is 1. The lowest BCUT2D eigenvalue weighted by molar-refractivity contribution is 0.0919. The van der Waals surface area contributed by atoms with E-state index in [0.717, 1.165) is 0 Å². The summed E-state index contributed by atoms with van der Waals surface area (Å²) >= 11 is 0. The second-order valence-electron chi connectivity index (χ2n) is 6.97. The first-order valence-corrected chi connectivity index (χ1v) is 7.74. The summed E-state index contributed by atoms with van der Waals surface area (Å²) < 4.78 is 18.5. The Kier molecular flexibility index (Phi) is 9.01. The Hall–Kier alpha value is -1.59. The maximum atomic E-state index is 12.9.